The van der Waals surface area contributed by atoms with Crippen LogP contribution in [-0.2, 0) is 4.74 Å². The first-order valence-corrected chi connectivity index (χ1v) is 7.06. The van der Waals surface area contributed by atoms with Crippen LogP contribution in [0.4, 0.5) is 0 Å². The zero-order valence-corrected chi connectivity index (χ0v) is 13.0. The highest BCUT2D eigenvalue weighted by atomic mass is 35.5. The quantitative estimate of drug-likeness (QED) is 0.670. The summed E-state index contributed by atoms with van der Waals surface area (Å²) in [4.78, 5) is 26.5. The van der Waals surface area contributed by atoms with Crippen LogP contribution in [0.25, 0.3) is 11.3 Å². The number of H-pyrrole nitrogens is 1. The number of esters is 1. The number of nitrogens with one attached hydrogen (secondary N) is 1. The van der Waals surface area contributed by atoms with E-state index in [-0.39, 0.29) is 18.0 Å². The number of hydrogen-bond donors (Lipinski definition) is 1. The van der Waals surface area contributed by atoms with Crippen LogP contribution in [0.3, 0.4) is 0 Å². The number of ether oxygens (including phenoxy) is 1. The highest BCUT2D eigenvalue weighted by Gasteiger charge is 2.21. The van der Waals surface area contributed by atoms with E-state index in [0.29, 0.717) is 27.0 Å². The Morgan fingerprint density at radius 1 is 1.24 bits per heavy atom. The maximum absolute atomic E-state index is 12.0. The van der Waals surface area contributed by atoms with Crippen LogP contribution in [0.2, 0.25) is 10.0 Å². The Morgan fingerprint density at radius 3 is 2.52 bits per heavy atom. The van der Waals surface area contributed by atoms with E-state index in [9.17, 15) is 9.59 Å². The van der Waals surface area contributed by atoms with E-state index in [1.165, 1.54) is 13.0 Å². The first-order valence-electron chi connectivity index (χ1n) is 6.30. The van der Waals surface area contributed by atoms with E-state index < -0.39 is 5.97 Å². The van der Waals surface area contributed by atoms with Crippen molar-refractivity contribution in [1.82, 2.24) is 4.98 Å². The second kappa shape index (κ2) is 6.33. The van der Waals surface area contributed by atoms with Gasteiger partial charge in [0.2, 0.25) is 0 Å². The summed E-state index contributed by atoms with van der Waals surface area (Å²) in [6, 6.07) is 6.39. The van der Waals surface area contributed by atoms with Crippen molar-refractivity contribution in [3.8, 4) is 11.3 Å². The van der Waals surface area contributed by atoms with E-state index in [2.05, 4.69) is 4.98 Å². The van der Waals surface area contributed by atoms with Gasteiger partial charge >= 0.3 is 5.97 Å². The third-order valence-electron chi connectivity index (χ3n) is 2.89. The Labute approximate surface area is 132 Å². The largest absolute Gasteiger partial charge is 0.462 e. The average Bonchev–Trinajstić information content (AvgIpc) is 2.84. The number of ketones is 1. The molecule has 0 spiro atoms. The van der Waals surface area contributed by atoms with Crippen molar-refractivity contribution in [3.63, 3.8) is 0 Å². The Hall–Kier alpha value is -1.78. The fourth-order valence-electron chi connectivity index (χ4n) is 1.92. The number of aromatic amines is 1. The van der Waals surface area contributed by atoms with Gasteiger partial charge in [0.25, 0.3) is 0 Å². The summed E-state index contributed by atoms with van der Waals surface area (Å²) in [5.74, 6) is -0.695. The first kappa shape index (κ1) is 15.6. The van der Waals surface area contributed by atoms with Crippen LogP contribution in [0.15, 0.2) is 24.3 Å². The molecule has 0 radical (unpaired) electrons. The van der Waals surface area contributed by atoms with Gasteiger partial charge in [0.1, 0.15) is 0 Å². The van der Waals surface area contributed by atoms with Crippen molar-refractivity contribution in [3.05, 3.63) is 45.6 Å². The third kappa shape index (κ3) is 3.28. The van der Waals surface area contributed by atoms with Crippen LogP contribution in [0.5, 0.6) is 0 Å². The van der Waals surface area contributed by atoms with Gasteiger partial charge in [0.15, 0.2) is 5.78 Å². The number of rotatable bonds is 4. The number of Topliss-reactive ketones (excluding diaryl/α,β-unsaturated/α-hetero) is 1. The number of benzene rings is 1. The van der Waals surface area contributed by atoms with Crippen molar-refractivity contribution in [2.24, 2.45) is 0 Å². The van der Waals surface area contributed by atoms with Crippen molar-refractivity contribution in [1.29, 1.82) is 0 Å². The molecule has 2 rings (SSSR count). The predicted octanol–water partition coefficient (Wildman–Crippen LogP) is 4.37. The molecule has 0 aliphatic rings. The fourth-order valence-corrected chi connectivity index (χ4v) is 2.42. The lowest BCUT2D eigenvalue weighted by Gasteiger charge is -2.06. The fraction of sp³-hybridized carbons (Fsp3) is 0.200. The number of aromatic nitrogens is 1. The Morgan fingerprint density at radius 2 is 1.95 bits per heavy atom. The van der Waals surface area contributed by atoms with E-state index in [4.69, 9.17) is 27.9 Å². The van der Waals surface area contributed by atoms with Gasteiger partial charge in [0.05, 0.1) is 28.6 Å². The molecule has 21 heavy (non-hydrogen) atoms. The topological polar surface area (TPSA) is 59.2 Å². The lowest BCUT2D eigenvalue weighted by atomic mass is 10.1. The Balaban J connectivity index is 2.60. The van der Waals surface area contributed by atoms with Gasteiger partial charge in [-0.15, -0.1) is 0 Å². The molecule has 0 unspecified atom stereocenters. The summed E-state index contributed by atoms with van der Waals surface area (Å²) in [6.07, 6.45) is 0. The number of carbonyl (C=O) groups excluding carboxylic acids is 2. The summed E-state index contributed by atoms with van der Waals surface area (Å²) >= 11 is 12.0. The molecule has 1 aromatic carbocycles. The van der Waals surface area contributed by atoms with E-state index in [0.717, 1.165) is 0 Å². The van der Waals surface area contributed by atoms with Gasteiger partial charge in [-0.2, -0.15) is 0 Å². The second-order valence-electron chi connectivity index (χ2n) is 4.37. The molecule has 110 valence electrons. The molecule has 0 saturated carbocycles. The smallest absolute Gasteiger partial charge is 0.340 e. The predicted molar refractivity (Wildman–Crippen MR) is 82.2 cm³/mol. The maximum atomic E-state index is 12.0. The number of carbonyl (C=O) groups is 2. The van der Waals surface area contributed by atoms with Crippen molar-refractivity contribution in [2.45, 2.75) is 13.8 Å². The lowest BCUT2D eigenvalue weighted by molar-refractivity contribution is 0.0527. The normalized spacial score (nSPS) is 10.5. The molecule has 0 atom stereocenters. The van der Waals surface area contributed by atoms with E-state index >= 15 is 0 Å². The van der Waals surface area contributed by atoms with Gasteiger partial charge in [0, 0.05) is 17.5 Å². The number of hydrogen-bond acceptors (Lipinski definition) is 3. The minimum absolute atomic E-state index is 0.183. The zero-order chi connectivity index (χ0) is 15.6. The zero-order valence-electron chi connectivity index (χ0n) is 11.5. The van der Waals surface area contributed by atoms with E-state index in [1.54, 1.807) is 25.1 Å². The average molecular weight is 326 g/mol. The molecular formula is C15H13Cl2NO3. The molecule has 2 aromatic rings. The van der Waals surface area contributed by atoms with E-state index in [1.807, 2.05) is 0 Å². The summed E-state index contributed by atoms with van der Waals surface area (Å²) in [7, 11) is 0. The summed E-state index contributed by atoms with van der Waals surface area (Å²) in [6.45, 7) is 3.37. The lowest BCUT2D eigenvalue weighted by Crippen LogP contribution is -2.05. The minimum Gasteiger partial charge on any atom is -0.462 e. The molecule has 0 aliphatic carbocycles. The molecule has 0 aliphatic heterocycles. The van der Waals surface area contributed by atoms with Gasteiger partial charge in [-0.3, -0.25) is 4.79 Å². The summed E-state index contributed by atoms with van der Waals surface area (Å²) in [5.41, 5.74) is 1.61. The molecule has 0 amide bonds. The molecule has 0 bridgehead atoms. The van der Waals surface area contributed by atoms with Crippen molar-refractivity contribution >= 4 is 35.0 Å². The van der Waals surface area contributed by atoms with Crippen LogP contribution in [0, 0.1) is 0 Å². The van der Waals surface area contributed by atoms with Crippen molar-refractivity contribution in [2.75, 3.05) is 6.61 Å². The minimum atomic E-state index is -0.512. The highest BCUT2D eigenvalue weighted by molar-refractivity contribution is 6.36. The molecule has 1 heterocycles. The third-order valence-corrected chi connectivity index (χ3v) is 3.44. The molecule has 6 heteroatoms. The molecule has 0 saturated heterocycles. The van der Waals surface area contributed by atoms with Crippen LogP contribution in [0.1, 0.15) is 34.7 Å². The van der Waals surface area contributed by atoms with Crippen LogP contribution >= 0.6 is 23.2 Å². The van der Waals surface area contributed by atoms with Crippen LogP contribution < -0.4 is 0 Å². The molecule has 1 N–H and O–H groups in total. The molecule has 1 aromatic heterocycles. The van der Waals surface area contributed by atoms with Gasteiger partial charge in [-0.25, -0.2) is 4.79 Å². The molecule has 0 fully saturated rings. The maximum Gasteiger partial charge on any atom is 0.340 e. The SMILES string of the molecule is CCOC(=O)c1cc(C(C)=O)[nH]c1-c1ccc(Cl)cc1Cl. The summed E-state index contributed by atoms with van der Waals surface area (Å²) < 4.78 is 5.01. The highest BCUT2D eigenvalue weighted by Crippen LogP contribution is 2.32. The standard InChI is InChI=1S/C15H13Cl2NO3/c1-3-21-15(20)11-7-13(8(2)19)18-14(11)10-5-4-9(16)6-12(10)17/h4-7,18H,3H2,1-2H3. The Bertz CT molecular complexity index is 707. The second-order valence-corrected chi connectivity index (χ2v) is 5.22. The monoisotopic (exact) mass is 325 g/mol. The van der Waals surface area contributed by atoms with Gasteiger partial charge < -0.3 is 9.72 Å². The van der Waals surface area contributed by atoms with Gasteiger partial charge in [-0.1, -0.05) is 23.2 Å². The number of halogens is 2. The molecular weight excluding hydrogens is 313 g/mol. The summed E-state index contributed by atoms with van der Waals surface area (Å²) in [5, 5.41) is 0.866. The van der Waals surface area contributed by atoms with Crippen LogP contribution in [-0.4, -0.2) is 23.3 Å². The molecule has 4 nitrogen and oxygen atoms in total. The first-order chi connectivity index (χ1) is 9.93. The Kier molecular flexibility index (Phi) is 4.70. The van der Waals surface area contributed by atoms with Crippen molar-refractivity contribution < 1.29 is 14.3 Å². The van der Waals surface area contributed by atoms with Gasteiger partial charge in [-0.05, 0) is 31.2 Å².